The highest BCUT2D eigenvalue weighted by Gasteiger charge is 2.49. The van der Waals surface area contributed by atoms with Crippen LogP contribution in [0, 0.1) is 11.8 Å². The smallest absolute Gasteiger partial charge is 0.313 e. The minimum Gasteiger partial charge on any atom is -0.461 e. The number of benzene rings is 2. The van der Waals surface area contributed by atoms with Crippen LogP contribution in [0.25, 0.3) is 0 Å². The molecule has 26 heavy (non-hydrogen) atoms. The van der Waals surface area contributed by atoms with Gasteiger partial charge in [0.05, 0.1) is 11.8 Å². The van der Waals surface area contributed by atoms with Gasteiger partial charge in [0.1, 0.15) is 12.7 Å². The van der Waals surface area contributed by atoms with Crippen LogP contribution in [0.4, 0.5) is 0 Å². The van der Waals surface area contributed by atoms with Gasteiger partial charge in [-0.3, -0.25) is 9.59 Å². The summed E-state index contributed by atoms with van der Waals surface area (Å²) in [6.45, 7) is 3.72. The summed E-state index contributed by atoms with van der Waals surface area (Å²) in [6.07, 6.45) is 2.09. The number of esters is 2. The number of cyclic esters (lactones) is 1. The van der Waals surface area contributed by atoms with E-state index < -0.39 is 12.0 Å². The van der Waals surface area contributed by atoms with E-state index in [0.717, 1.165) is 11.1 Å². The summed E-state index contributed by atoms with van der Waals surface area (Å²) < 4.78 is 10.7. The fourth-order valence-corrected chi connectivity index (χ4v) is 3.25. The van der Waals surface area contributed by atoms with Gasteiger partial charge < -0.3 is 9.47 Å². The molecule has 4 nitrogen and oxygen atoms in total. The molecule has 2 aromatic carbocycles. The van der Waals surface area contributed by atoms with Crippen molar-refractivity contribution in [2.75, 3.05) is 6.61 Å². The molecular weight excluding hydrogens is 328 g/mol. The standard InChI is InChI=1S/C22H22O4/c1-2-13-25-21(23)18(14-16-9-5-3-6-10-16)20-19(22(24)26-20)15-17-11-7-4-8-12-17/h2-12,18-20H,1,13-15H2/t18-,19?,20?/m1/s1. The van der Waals surface area contributed by atoms with Crippen LogP contribution >= 0.6 is 0 Å². The van der Waals surface area contributed by atoms with Crippen LogP contribution in [-0.2, 0) is 31.9 Å². The maximum absolute atomic E-state index is 12.6. The Bertz CT molecular complexity index is 754. The quantitative estimate of drug-likeness (QED) is 0.541. The van der Waals surface area contributed by atoms with Crippen LogP contribution in [0.5, 0.6) is 0 Å². The van der Waals surface area contributed by atoms with Crippen molar-refractivity contribution in [2.24, 2.45) is 11.8 Å². The van der Waals surface area contributed by atoms with Gasteiger partial charge >= 0.3 is 11.9 Å². The normalized spacial score (nSPS) is 19.8. The van der Waals surface area contributed by atoms with E-state index >= 15 is 0 Å². The van der Waals surface area contributed by atoms with Crippen LogP contribution < -0.4 is 0 Å². The van der Waals surface area contributed by atoms with Crippen LogP contribution in [-0.4, -0.2) is 24.6 Å². The zero-order valence-electron chi connectivity index (χ0n) is 14.5. The first-order valence-electron chi connectivity index (χ1n) is 8.75. The van der Waals surface area contributed by atoms with E-state index in [1.54, 1.807) is 0 Å². The molecule has 1 aliphatic rings. The summed E-state index contributed by atoms with van der Waals surface area (Å²) >= 11 is 0. The summed E-state index contributed by atoms with van der Waals surface area (Å²) in [4.78, 5) is 24.6. The monoisotopic (exact) mass is 350 g/mol. The lowest BCUT2D eigenvalue weighted by Crippen LogP contribution is -2.53. The van der Waals surface area contributed by atoms with Crippen molar-refractivity contribution in [3.05, 3.63) is 84.4 Å². The number of rotatable bonds is 8. The van der Waals surface area contributed by atoms with Crippen LogP contribution in [0.2, 0.25) is 0 Å². The molecule has 1 fully saturated rings. The molecule has 1 saturated heterocycles. The van der Waals surface area contributed by atoms with E-state index in [1.165, 1.54) is 6.08 Å². The second-order valence-electron chi connectivity index (χ2n) is 6.41. The molecule has 134 valence electrons. The third-order valence-electron chi connectivity index (χ3n) is 4.59. The van der Waals surface area contributed by atoms with E-state index in [9.17, 15) is 9.59 Å². The molecule has 2 aromatic rings. The number of carbonyl (C=O) groups is 2. The summed E-state index contributed by atoms with van der Waals surface area (Å²) in [5.41, 5.74) is 2.06. The molecule has 4 heteroatoms. The average Bonchev–Trinajstić information content (AvgIpc) is 2.68. The molecule has 0 aromatic heterocycles. The van der Waals surface area contributed by atoms with E-state index in [0.29, 0.717) is 12.8 Å². The average molecular weight is 350 g/mol. The van der Waals surface area contributed by atoms with Gasteiger partial charge in [0.2, 0.25) is 0 Å². The van der Waals surface area contributed by atoms with E-state index in [1.807, 2.05) is 60.7 Å². The van der Waals surface area contributed by atoms with E-state index in [4.69, 9.17) is 9.47 Å². The number of hydrogen-bond donors (Lipinski definition) is 0. The van der Waals surface area contributed by atoms with Gasteiger partial charge in [0.15, 0.2) is 0 Å². The highest BCUT2D eigenvalue weighted by atomic mass is 16.6. The lowest BCUT2D eigenvalue weighted by Gasteiger charge is -2.39. The number of ether oxygens (including phenoxy) is 2. The van der Waals surface area contributed by atoms with Crippen molar-refractivity contribution in [3.8, 4) is 0 Å². The van der Waals surface area contributed by atoms with Gasteiger partial charge in [-0.25, -0.2) is 0 Å². The summed E-state index contributed by atoms with van der Waals surface area (Å²) in [7, 11) is 0. The molecule has 0 amide bonds. The first kappa shape index (κ1) is 17.9. The molecule has 0 spiro atoms. The van der Waals surface area contributed by atoms with Crippen molar-refractivity contribution < 1.29 is 19.1 Å². The Morgan fingerprint density at radius 1 is 1.08 bits per heavy atom. The van der Waals surface area contributed by atoms with Gasteiger partial charge in [-0.1, -0.05) is 73.3 Å². The predicted molar refractivity (Wildman–Crippen MR) is 98.3 cm³/mol. The van der Waals surface area contributed by atoms with Crippen molar-refractivity contribution in [2.45, 2.75) is 18.9 Å². The van der Waals surface area contributed by atoms with E-state index in [-0.39, 0.29) is 24.5 Å². The Hall–Kier alpha value is -2.88. The van der Waals surface area contributed by atoms with Crippen molar-refractivity contribution in [3.63, 3.8) is 0 Å². The number of carbonyl (C=O) groups excluding carboxylic acids is 2. The highest BCUT2D eigenvalue weighted by Crippen LogP contribution is 2.34. The molecule has 3 rings (SSSR count). The molecule has 2 unspecified atom stereocenters. The Labute approximate surface area is 153 Å². The number of hydrogen-bond acceptors (Lipinski definition) is 4. The Morgan fingerprint density at radius 3 is 2.27 bits per heavy atom. The second kappa shape index (κ2) is 8.48. The molecule has 1 aliphatic heterocycles. The molecule has 0 aliphatic carbocycles. The third-order valence-corrected chi connectivity index (χ3v) is 4.59. The molecule has 1 heterocycles. The Kier molecular flexibility index (Phi) is 5.84. The molecule has 0 radical (unpaired) electrons. The fourth-order valence-electron chi connectivity index (χ4n) is 3.25. The largest absolute Gasteiger partial charge is 0.461 e. The van der Waals surface area contributed by atoms with E-state index in [2.05, 4.69) is 6.58 Å². The topological polar surface area (TPSA) is 52.6 Å². The minimum atomic E-state index is -0.524. The van der Waals surface area contributed by atoms with Crippen molar-refractivity contribution >= 4 is 11.9 Å². The molecular formula is C22H22O4. The Morgan fingerprint density at radius 2 is 1.69 bits per heavy atom. The van der Waals surface area contributed by atoms with Crippen LogP contribution in [0.3, 0.4) is 0 Å². The van der Waals surface area contributed by atoms with Gasteiger partial charge in [0, 0.05) is 0 Å². The zero-order chi connectivity index (χ0) is 18.4. The maximum Gasteiger partial charge on any atom is 0.313 e. The highest BCUT2D eigenvalue weighted by molar-refractivity contribution is 5.83. The van der Waals surface area contributed by atoms with Crippen LogP contribution in [0.15, 0.2) is 73.3 Å². The van der Waals surface area contributed by atoms with Gasteiger partial charge in [0.25, 0.3) is 0 Å². The first-order valence-corrected chi connectivity index (χ1v) is 8.75. The van der Waals surface area contributed by atoms with Crippen molar-refractivity contribution in [1.29, 1.82) is 0 Å². The van der Waals surface area contributed by atoms with Gasteiger partial charge in [-0.15, -0.1) is 0 Å². The summed E-state index contributed by atoms with van der Waals surface area (Å²) in [6, 6.07) is 19.5. The SMILES string of the molecule is C=CCOC(=O)[C@H](Cc1ccccc1)C1OC(=O)C1Cc1ccccc1. The first-order chi connectivity index (χ1) is 12.7. The molecule has 0 N–H and O–H groups in total. The van der Waals surface area contributed by atoms with Crippen LogP contribution in [0.1, 0.15) is 11.1 Å². The van der Waals surface area contributed by atoms with Gasteiger partial charge in [-0.2, -0.15) is 0 Å². The third kappa shape index (κ3) is 4.20. The minimum absolute atomic E-state index is 0.147. The zero-order valence-corrected chi connectivity index (χ0v) is 14.5. The predicted octanol–water partition coefficient (Wildman–Crippen LogP) is 3.36. The molecule has 3 atom stereocenters. The maximum atomic E-state index is 12.6. The summed E-state index contributed by atoms with van der Waals surface area (Å²) in [5.74, 6) is -1.47. The molecule has 0 bridgehead atoms. The summed E-state index contributed by atoms with van der Waals surface area (Å²) in [5, 5.41) is 0. The molecule has 0 saturated carbocycles. The fraction of sp³-hybridized carbons (Fsp3) is 0.273. The lowest BCUT2D eigenvalue weighted by atomic mass is 9.79. The van der Waals surface area contributed by atoms with Crippen molar-refractivity contribution in [1.82, 2.24) is 0 Å². The van der Waals surface area contributed by atoms with Gasteiger partial charge in [-0.05, 0) is 24.0 Å². The lowest BCUT2D eigenvalue weighted by molar-refractivity contribution is -0.196. The second-order valence-corrected chi connectivity index (χ2v) is 6.41. The Balaban J connectivity index is 1.77.